The number of hydrogen-bond donors (Lipinski definition) is 2. The quantitative estimate of drug-likeness (QED) is 0.638. The molecule has 10 heteroatoms. The molecular formula is C11H9BrFN5O3. The van der Waals surface area contributed by atoms with E-state index in [1.807, 2.05) is 0 Å². The number of nitrogens with two attached hydrogens (primary N) is 1. The standard InChI is InChI=1S/C11H9BrFN5O3/c1-15-9-4-10(17-11(14)16-9)21-8-3-6(13)5(12)2-7(8)18(19)20/h2-4H,1H3,(H3,14,15,16,17). The van der Waals surface area contributed by atoms with Crippen molar-refractivity contribution in [1.82, 2.24) is 9.97 Å². The van der Waals surface area contributed by atoms with Gasteiger partial charge in [0.2, 0.25) is 17.6 Å². The Bertz CT molecular complexity index is 712. The van der Waals surface area contributed by atoms with Crippen LogP contribution in [0.4, 0.5) is 21.8 Å². The molecule has 0 fully saturated rings. The maximum atomic E-state index is 13.5. The fourth-order valence-corrected chi connectivity index (χ4v) is 1.81. The van der Waals surface area contributed by atoms with Crippen molar-refractivity contribution < 1.29 is 14.1 Å². The minimum atomic E-state index is -0.702. The van der Waals surface area contributed by atoms with Gasteiger partial charge in [-0.1, -0.05) is 0 Å². The largest absolute Gasteiger partial charge is 0.431 e. The van der Waals surface area contributed by atoms with Crippen LogP contribution in [0.3, 0.4) is 0 Å². The minimum absolute atomic E-state index is 0.0420. The molecule has 1 aromatic heterocycles. The lowest BCUT2D eigenvalue weighted by Gasteiger charge is -2.08. The van der Waals surface area contributed by atoms with Crippen LogP contribution in [0.2, 0.25) is 0 Å². The van der Waals surface area contributed by atoms with Crippen molar-refractivity contribution in [3.05, 3.63) is 38.6 Å². The van der Waals surface area contributed by atoms with Crippen LogP contribution in [0.15, 0.2) is 22.7 Å². The van der Waals surface area contributed by atoms with E-state index in [1.165, 1.54) is 6.07 Å². The maximum absolute atomic E-state index is 13.5. The molecule has 110 valence electrons. The van der Waals surface area contributed by atoms with E-state index in [1.54, 1.807) is 7.05 Å². The summed E-state index contributed by atoms with van der Waals surface area (Å²) >= 11 is 2.88. The molecule has 1 aromatic carbocycles. The molecule has 21 heavy (non-hydrogen) atoms. The number of rotatable bonds is 4. The number of nitro benzene ring substituents is 1. The first-order valence-electron chi connectivity index (χ1n) is 5.54. The topological polar surface area (TPSA) is 116 Å². The van der Waals surface area contributed by atoms with Crippen molar-refractivity contribution in [2.24, 2.45) is 0 Å². The Labute approximate surface area is 126 Å². The molecule has 8 nitrogen and oxygen atoms in total. The van der Waals surface area contributed by atoms with Gasteiger partial charge in [0.05, 0.1) is 9.40 Å². The van der Waals surface area contributed by atoms with Crippen LogP contribution in [0, 0.1) is 15.9 Å². The average Bonchev–Trinajstić information content (AvgIpc) is 2.41. The van der Waals surface area contributed by atoms with Gasteiger partial charge in [-0.2, -0.15) is 9.97 Å². The second kappa shape index (κ2) is 5.87. The first-order chi connectivity index (χ1) is 9.90. The average molecular weight is 358 g/mol. The second-order valence-electron chi connectivity index (χ2n) is 3.79. The highest BCUT2D eigenvalue weighted by atomic mass is 79.9. The number of halogens is 2. The summed E-state index contributed by atoms with van der Waals surface area (Å²) in [6.45, 7) is 0. The van der Waals surface area contributed by atoms with Crippen LogP contribution < -0.4 is 15.8 Å². The molecule has 2 rings (SSSR count). The fraction of sp³-hybridized carbons (Fsp3) is 0.0909. The van der Waals surface area contributed by atoms with Gasteiger partial charge in [0.1, 0.15) is 11.6 Å². The van der Waals surface area contributed by atoms with E-state index in [0.717, 1.165) is 12.1 Å². The predicted molar refractivity (Wildman–Crippen MR) is 76.8 cm³/mol. The molecule has 0 aliphatic heterocycles. The van der Waals surface area contributed by atoms with Crippen molar-refractivity contribution in [2.75, 3.05) is 18.1 Å². The molecule has 0 aliphatic rings. The van der Waals surface area contributed by atoms with Crippen LogP contribution in [0.1, 0.15) is 0 Å². The summed E-state index contributed by atoms with van der Waals surface area (Å²) in [6.07, 6.45) is 0. The Hall–Kier alpha value is -2.49. The van der Waals surface area contributed by atoms with Crippen LogP contribution in [0.25, 0.3) is 0 Å². The Morgan fingerprint density at radius 1 is 1.43 bits per heavy atom. The number of hydrogen-bond acceptors (Lipinski definition) is 7. The summed E-state index contributed by atoms with van der Waals surface area (Å²) in [7, 11) is 1.60. The lowest BCUT2D eigenvalue weighted by Crippen LogP contribution is -2.02. The number of nitro groups is 1. The third kappa shape index (κ3) is 3.34. The molecule has 0 saturated carbocycles. The SMILES string of the molecule is CNc1cc(Oc2cc(F)c(Br)cc2[N+](=O)[O-])nc(N)n1. The van der Waals surface area contributed by atoms with E-state index in [2.05, 4.69) is 31.2 Å². The zero-order valence-electron chi connectivity index (χ0n) is 10.6. The summed E-state index contributed by atoms with van der Waals surface area (Å²) in [4.78, 5) is 17.9. The molecule has 0 amide bonds. The Morgan fingerprint density at radius 2 is 2.14 bits per heavy atom. The molecule has 0 aliphatic carbocycles. The van der Waals surface area contributed by atoms with Crippen molar-refractivity contribution in [2.45, 2.75) is 0 Å². The first kappa shape index (κ1) is 14.9. The number of anilines is 2. The van der Waals surface area contributed by atoms with Gasteiger partial charge in [-0.25, -0.2) is 4.39 Å². The highest BCUT2D eigenvalue weighted by Crippen LogP contribution is 2.35. The number of ether oxygens (including phenoxy) is 1. The molecule has 3 N–H and O–H groups in total. The summed E-state index contributed by atoms with van der Waals surface area (Å²) < 4.78 is 18.7. The number of aromatic nitrogens is 2. The number of nitrogens with one attached hydrogen (secondary N) is 1. The Morgan fingerprint density at radius 3 is 2.76 bits per heavy atom. The normalized spacial score (nSPS) is 10.2. The van der Waals surface area contributed by atoms with Gasteiger partial charge < -0.3 is 15.8 Å². The highest BCUT2D eigenvalue weighted by Gasteiger charge is 2.20. The third-order valence-corrected chi connectivity index (χ3v) is 3.00. The van der Waals surface area contributed by atoms with Gasteiger partial charge in [-0.05, 0) is 15.9 Å². The van der Waals surface area contributed by atoms with E-state index >= 15 is 0 Å². The molecule has 2 aromatic rings. The summed E-state index contributed by atoms with van der Waals surface area (Å²) in [5.41, 5.74) is 5.07. The molecule has 0 atom stereocenters. The molecule has 0 spiro atoms. The Kier molecular flexibility index (Phi) is 4.17. The van der Waals surface area contributed by atoms with E-state index < -0.39 is 16.4 Å². The van der Waals surface area contributed by atoms with Crippen molar-refractivity contribution in [3.8, 4) is 11.6 Å². The number of nitrogens with zero attached hydrogens (tertiary/aromatic N) is 3. The predicted octanol–water partition coefficient (Wildman–Crippen LogP) is 2.70. The van der Waals surface area contributed by atoms with Crippen LogP contribution in [-0.2, 0) is 0 Å². The second-order valence-corrected chi connectivity index (χ2v) is 4.65. The van der Waals surface area contributed by atoms with Crippen LogP contribution >= 0.6 is 15.9 Å². The van der Waals surface area contributed by atoms with Crippen LogP contribution in [0.5, 0.6) is 11.6 Å². The first-order valence-corrected chi connectivity index (χ1v) is 6.33. The lowest BCUT2D eigenvalue weighted by atomic mass is 10.3. The van der Waals surface area contributed by atoms with E-state index in [9.17, 15) is 14.5 Å². The smallest absolute Gasteiger partial charge is 0.312 e. The van der Waals surface area contributed by atoms with Gasteiger partial charge in [0.25, 0.3) is 0 Å². The van der Waals surface area contributed by atoms with Crippen molar-refractivity contribution >= 4 is 33.4 Å². The molecule has 0 radical (unpaired) electrons. The van der Waals surface area contributed by atoms with Crippen molar-refractivity contribution in [3.63, 3.8) is 0 Å². The Balaban J connectivity index is 2.46. The van der Waals surface area contributed by atoms with Gasteiger partial charge in [-0.15, -0.1) is 0 Å². The summed E-state index contributed by atoms with van der Waals surface area (Å²) in [5.74, 6) is -0.765. The summed E-state index contributed by atoms with van der Waals surface area (Å²) in [5, 5.41) is 13.7. The maximum Gasteiger partial charge on any atom is 0.312 e. The molecule has 1 heterocycles. The van der Waals surface area contributed by atoms with Crippen molar-refractivity contribution in [1.29, 1.82) is 0 Å². The van der Waals surface area contributed by atoms with E-state index in [-0.39, 0.29) is 22.1 Å². The van der Waals surface area contributed by atoms with E-state index in [0.29, 0.717) is 5.82 Å². The van der Waals surface area contributed by atoms with Gasteiger partial charge >= 0.3 is 5.69 Å². The summed E-state index contributed by atoms with van der Waals surface area (Å²) in [6, 6.07) is 3.27. The third-order valence-electron chi connectivity index (χ3n) is 2.39. The molecule has 0 unspecified atom stereocenters. The van der Waals surface area contributed by atoms with Gasteiger partial charge in [-0.3, -0.25) is 10.1 Å². The zero-order chi connectivity index (χ0) is 15.6. The van der Waals surface area contributed by atoms with E-state index in [4.69, 9.17) is 10.5 Å². The number of benzene rings is 1. The minimum Gasteiger partial charge on any atom is -0.431 e. The molecule has 0 bridgehead atoms. The molecular weight excluding hydrogens is 349 g/mol. The highest BCUT2D eigenvalue weighted by molar-refractivity contribution is 9.10. The number of nitrogen functional groups attached to an aromatic ring is 1. The zero-order valence-corrected chi connectivity index (χ0v) is 12.2. The fourth-order valence-electron chi connectivity index (χ4n) is 1.48. The van der Waals surface area contributed by atoms with Crippen LogP contribution in [-0.4, -0.2) is 21.9 Å². The monoisotopic (exact) mass is 357 g/mol. The van der Waals surface area contributed by atoms with Gasteiger partial charge in [0.15, 0.2) is 0 Å². The van der Waals surface area contributed by atoms with Gasteiger partial charge in [0, 0.05) is 25.2 Å². The molecule has 0 saturated heterocycles. The lowest BCUT2D eigenvalue weighted by molar-refractivity contribution is -0.385.